The number of rotatable bonds is 3. The van der Waals surface area contributed by atoms with Gasteiger partial charge in [0.2, 0.25) is 0 Å². The Bertz CT molecular complexity index is 288. The first kappa shape index (κ1) is 14.0. The summed E-state index contributed by atoms with van der Waals surface area (Å²) in [5, 5.41) is 0. The van der Waals surface area contributed by atoms with Crippen LogP contribution in [0.2, 0.25) is 0 Å². The van der Waals surface area contributed by atoms with Gasteiger partial charge in [0.05, 0.1) is 0 Å². The molecular formula is C13H22O4. The van der Waals surface area contributed by atoms with Crippen molar-refractivity contribution < 1.29 is 19.1 Å². The molecule has 1 aliphatic rings. The molecule has 4 nitrogen and oxygen atoms in total. The monoisotopic (exact) mass is 242 g/mol. The van der Waals surface area contributed by atoms with E-state index >= 15 is 0 Å². The van der Waals surface area contributed by atoms with E-state index in [1.54, 1.807) is 0 Å². The molecule has 1 aliphatic carbocycles. The standard InChI is InChI=1S/C13H22O4/c1-9(14)16-12-7-5-11(6-8-12)13(3,4)17-10(2)15/h11-12H,5-8H2,1-4H3. The van der Waals surface area contributed by atoms with Crippen molar-refractivity contribution in [1.29, 1.82) is 0 Å². The molecule has 0 saturated heterocycles. The molecule has 98 valence electrons. The highest BCUT2D eigenvalue weighted by Crippen LogP contribution is 2.35. The van der Waals surface area contributed by atoms with Gasteiger partial charge in [0.25, 0.3) is 0 Å². The van der Waals surface area contributed by atoms with E-state index < -0.39 is 5.60 Å². The van der Waals surface area contributed by atoms with Crippen LogP contribution >= 0.6 is 0 Å². The molecule has 0 atom stereocenters. The zero-order valence-corrected chi connectivity index (χ0v) is 11.1. The van der Waals surface area contributed by atoms with Gasteiger partial charge in [0.1, 0.15) is 11.7 Å². The van der Waals surface area contributed by atoms with Crippen LogP contribution in [0.4, 0.5) is 0 Å². The molecule has 0 aromatic heterocycles. The maximum atomic E-state index is 11.0. The molecule has 0 unspecified atom stereocenters. The molecule has 0 aromatic carbocycles. The normalized spacial score (nSPS) is 25.2. The Hall–Kier alpha value is -1.06. The van der Waals surface area contributed by atoms with Crippen LogP contribution in [0.3, 0.4) is 0 Å². The Kier molecular flexibility index (Phi) is 4.54. The van der Waals surface area contributed by atoms with E-state index in [4.69, 9.17) is 9.47 Å². The van der Waals surface area contributed by atoms with Crippen LogP contribution in [0.5, 0.6) is 0 Å². The van der Waals surface area contributed by atoms with Crippen LogP contribution in [0.1, 0.15) is 53.4 Å². The average Bonchev–Trinajstić information content (AvgIpc) is 2.15. The SMILES string of the molecule is CC(=O)OC1CCC(C(C)(C)OC(C)=O)CC1. The molecule has 1 rings (SSSR count). The third-order valence-electron chi connectivity index (χ3n) is 3.40. The van der Waals surface area contributed by atoms with Gasteiger partial charge in [-0.3, -0.25) is 9.59 Å². The van der Waals surface area contributed by atoms with Crippen LogP contribution in [-0.2, 0) is 19.1 Å². The van der Waals surface area contributed by atoms with Crippen LogP contribution in [0, 0.1) is 5.92 Å². The van der Waals surface area contributed by atoms with Gasteiger partial charge >= 0.3 is 11.9 Å². The summed E-state index contributed by atoms with van der Waals surface area (Å²) in [5.41, 5.74) is -0.424. The van der Waals surface area contributed by atoms with Crippen LogP contribution in [-0.4, -0.2) is 23.6 Å². The lowest BCUT2D eigenvalue weighted by Gasteiger charge is -2.38. The van der Waals surface area contributed by atoms with Crippen molar-refractivity contribution in [2.24, 2.45) is 5.92 Å². The first-order chi connectivity index (χ1) is 7.81. The van der Waals surface area contributed by atoms with Crippen molar-refractivity contribution in [3.8, 4) is 0 Å². The van der Waals surface area contributed by atoms with Crippen molar-refractivity contribution in [2.75, 3.05) is 0 Å². The molecule has 4 heteroatoms. The van der Waals surface area contributed by atoms with Gasteiger partial charge < -0.3 is 9.47 Å². The molecule has 0 bridgehead atoms. The zero-order chi connectivity index (χ0) is 13.1. The van der Waals surface area contributed by atoms with Crippen LogP contribution < -0.4 is 0 Å². The number of esters is 2. The van der Waals surface area contributed by atoms with E-state index in [-0.39, 0.29) is 18.0 Å². The highest BCUT2D eigenvalue weighted by Gasteiger charge is 2.36. The van der Waals surface area contributed by atoms with Gasteiger partial charge in [-0.05, 0) is 45.4 Å². The van der Waals surface area contributed by atoms with Gasteiger partial charge in [-0.25, -0.2) is 0 Å². The van der Waals surface area contributed by atoms with E-state index in [2.05, 4.69) is 0 Å². The summed E-state index contributed by atoms with van der Waals surface area (Å²) in [4.78, 5) is 21.9. The van der Waals surface area contributed by atoms with E-state index in [1.807, 2.05) is 13.8 Å². The second-order valence-electron chi connectivity index (χ2n) is 5.28. The predicted molar refractivity (Wildman–Crippen MR) is 63.4 cm³/mol. The molecule has 0 aromatic rings. The summed E-state index contributed by atoms with van der Waals surface area (Å²) in [6.45, 7) is 6.78. The molecule has 0 amide bonds. The number of ether oxygens (including phenoxy) is 2. The Morgan fingerprint density at radius 3 is 1.94 bits per heavy atom. The first-order valence-corrected chi connectivity index (χ1v) is 6.18. The van der Waals surface area contributed by atoms with E-state index in [0.717, 1.165) is 25.7 Å². The largest absolute Gasteiger partial charge is 0.463 e. The lowest BCUT2D eigenvalue weighted by molar-refractivity contribution is -0.162. The second-order valence-corrected chi connectivity index (χ2v) is 5.28. The predicted octanol–water partition coefficient (Wildman–Crippen LogP) is 2.45. The quantitative estimate of drug-likeness (QED) is 0.713. The molecule has 0 spiro atoms. The molecule has 1 saturated carbocycles. The van der Waals surface area contributed by atoms with Gasteiger partial charge in [0, 0.05) is 13.8 Å². The number of carbonyl (C=O) groups is 2. The molecule has 0 aliphatic heterocycles. The molecule has 17 heavy (non-hydrogen) atoms. The second kappa shape index (κ2) is 5.52. The molecule has 0 radical (unpaired) electrons. The number of carbonyl (C=O) groups excluding carboxylic acids is 2. The minimum atomic E-state index is -0.424. The Morgan fingerprint density at radius 2 is 1.53 bits per heavy atom. The smallest absolute Gasteiger partial charge is 0.303 e. The lowest BCUT2D eigenvalue weighted by Crippen LogP contribution is -2.39. The highest BCUT2D eigenvalue weighted by atomic mass is 16.6. The number of hydrogen-bond acceptors (Lipinski definition) is 4. The molecule has 0 N–H and O–H groups in total. The minimum Gasteiger partial charge on any atom is -0.463 e. The fourth-order valence-corrected chi connectivity index (χ4v) is 2.56. The van der Waals surface area contributed by atoms with E-state index in [9.17, 15) is 9.59 Å². The fraction of sp³-hybridized carbons (Fsp3) is 0.846. The molecular weight excluding hydrogens is 220 g/mol. The van der Waals surface area contributed by atoms with Crippen molar-refractivity contribution in [1.82, 2.24) is 0 Å². The summed E-state index contributed by atoms with van der Waals surface area (Å²) in [5.74, 6) is -0.108. The maximum absolute atomic E-state index is 11.0. The Balaban J connectivity index is 2.45. The van der Waals surface area contributed by atoms with E-state index in [0.29, 0.717) is 5.92 Å². The van der Waals surface area contributed by atoms with Crippen molar-refractivity contribution >= 4 is 11.9 Å². The van der Waals surface area contributed by atoms with Gasteiger partial charge in [-0.1, -0.05) is 0 Å². The first-order valence-electron chi connectivity index (χ1n) is 6.18. The Labute approximate surface area is 103 Å². The summed E-state index contributed by atoms with van der Waals surface area (Å²) in [6, 6.07) is 0. The van der Waals surface area contributed by atoms with Gasteiger partial charge in [-0.2, -0.15) is 0 Å². The third kappa shape index (κ3) is 4.36. The van der Waals surface area contributed by atoms with Crippen LogP contribution in [0.25, 0.3) is 0 Å². The van der Waals surface area contributed by atoms with Crippen LogP contribution in [0.15, 0.2) is 0 Å². The molecule has 0 heterocycles. The lowest BCUT2D eigenvalue weighted by atomic mass is 9.77. The fourth-order valence-electron chi connectivity index (χ4n) is 2.56. The third-order valence-corrected chi connectivity index (χ3v) is 3.40. The zero-order valence-electron chi connectivity index (χ0n) is 11.1. The summed E-state index contributed by atoms with van der Waals surface area (Å²) in [6.07, 6.45) is 3.61. The van der Waals surface area contributed by atoms with Crippen molar-refractivity contribution in [3.63, 3.8) is 0 Å². The topological polar surface area (TPSA) is 52.6 Å². The van der Waals surface area contributed by atoms with Gasteiger partial charge in [-0.15, -0.1) is 0 Å². The summed E-state index contributed by atoms with van der Waals surface area (Å²) in [7, 11) is 0. The summed E-state index contributed by atoms with van der Waals surface area (Å²) < 4.78 is 10.5. The van der Waals surface area contributed by atoms with Crippen molar-refractivity contribution in [2.45, 2.75) is 65.1 Å². The highest BCUT2D eigenvalue weighted by molar-refractivity contribution is 5.66. The van der Waals surface area contributed by atoms with E-state index in [1.165, 1.54) is 13.8 Å². The average molecular weight is 242 g/mol. The number of hydrogen-bond donors (Lipinski definition) is 0. The molecule has 1 fully saturated rings. The Morgan fingerprint density at radius 1 is 1.00 bits per heavy atom. The van der Waals surface area contributed by atoms with Gasteiger partial charge in [0.15, 0.2) is 0 Å². The van der Waals surface area contributed by atoms with Crippen molar-refractivity contribution in [3.05, 3.63) is 0 Å². The maximum Gasteiger partial charge on any atom is 0.303 e. The minimum absolute atomic E-state index is 0.0388. The summed E-state index contributed by atoms with van der Waals surface area (Å²) >= 11 is 0.